The van der Waals surface area contributed by atoms with E-state index in [1.807, 2.05) is 31.4 Å². The lowest BCUT2D eigenvalue weighted by Gasteiger charge is -2.16. The molecule has 0 aliphatic heterocycles. The Bertz CT molecular complexity index is 1150. The minimum atomic E-state index is -0.146. The first-order valence-electron chi connectivity index (χ1n) is 8.76. The van der Waals surface area contributed by atoms with Crippen molar-refractivity contribution in [2.45, 2.75) is 12.2 Å². The van der Waals surface area contributed by atoms with Crippen molar-refractivity contribution in [3.63, 3.8) is 0 Å². The number of furan rings is 1. The van der Waals surface area contributed by atoms with Crippen LogP contribution in [0.5, 0.6) is 0 Å². The minimum Gasteiger partial charge on any atom is -0.464 e. The van der Waals surface area contributed by atoms with E-state index in [1.54, 1.807) is 36.5 Å². The highest BCUT2D eigenvalue weighted by Crippen LogP contribution is 2.31. The van der Waals surface area contributed by atoms with Gasteiger partial charge in [0.15, 0.2) is 0 Å². The second-order valence-electron chi connectivity index (χ2n) is 6.32. The highest BCUT2D eigenvalue weighted by Gasteiger charge is 2.17. The second-order valence-corrected chi connectivity index (χ2v) is 7.36. The van der Waals surface area contributed by atoms with Crippen LogP contribution >= 0.6 is 11.8 Å². The van der Waals surface area contributed by atoms with Crippen LogP contribution in [0.25, 0.3) is 22.2 Å². The van der Waals surface area contributed by atoms with Gasteiger partial charge in [-0.05, 0) is 31.4 Å². The Morgan fingerprint density at radius 1 is 1.25 bits per heavy atom. The first kappa shape index (κ1) is 18.2. The van der Waals surface area contributed by atoms with E-state index < -0.39 is 0 Å². The molecular formula is C20H19N5O2S. The number of nitrogens with one attached hydrogen (secondary N) is 2. The number of aromatic amines is 1. The molecule has 142 valence electrons. The van der Waals surface area contributed by atoms with E-state index in [2.05, 4.69) is 25.3 Å². The SMILES string of the molecule is CSC(CNc1cc(-c2ccc(C)nc2)ncn1)c1c[nH]c(=O)c2ccoc12. The van der Waals surface area contributed by atoms with Crippen molar-refractivity contribution in [1.82, 2.24) is 19.9 Å². The molecule has 0 saturated heterocycles. The van der Waals surface area contributed by atoms with Crippen LogP contribution in [-0.2, 0) is 0 Å². The van der Waals surface area contributed by atoms with Crippen LogP contribution in [0, 0.1) is 6.92 Å². The fraction of sp³-hybridized carbons (Fsp3) is 0.200. The van der Waals surface area contributed by atoms with Gasteiger partial charge in [0, 0.05) is 41.8 Å². The standard InChI is InChI=1S/C20H19N5O2S/c1-12-3-4-13(8-21-12)16-7-18(25-11-24-16)22-10-17(28-2)15-9-23-20(26)14-5-6-27-19(14)15/h3-9,11,17H,10H2,1-2H3,(H,23,26)(H,22,24,25). The van der Waals surface area contributed by atoms with Crippen LogP contribution < -0.4 is 10.9 Å². The average Bonchev–Trinajstić information content (AvgIpc) is 3.21. The van der Waals surface area contributed by atoms with Crippen molar-refractivity contribution in [3.8, 4) is 11.3 Å². The van der Waals surface area contributed by atoms with E-state index >= 15 is 0 Å². The fourth-order valence-electron chi connectivity index (χ4n) is 2.99. The van der Waals surface area contributed by atoms with Crippen molar-refractivity contribution in [3.05, 3.63) is 70.9 Å². The minimum absolute atomic E-state index is 0.0740. The third kappa shape index (κ3) is 3.63. The van der Waals surface area contributed by atoms with Crippen molar-refractivity contribution in [2.24, 2.45) is 0 Å². The molecule has 2 N–H and O–H groups in total. The lowest BCUT2D eigenvalue weighted by Crippen LogP contribution is -2.14. The number of nitrogens with zero attached hydrogens (tertiary/aromatic N) is 3. The third-order valence-corrected chi connectivity index (χ3v) is 5.49. The molecule has 0 aromatic carbocycles. The van der Waals surface area contributed by atoms with E-state index in [0.29, 0.717) is 17.5 Å². The Hall–Kier alpha value is -3.13. The zero-order valence-electron chi connectivity index (χ0n) is 15.5. The molecule has 0 amide bonds. The van der Waals surface area contributed by atoms with Gasteiger partial charge < -0.3 is 14.7 Å². The molecular weight excluding hydrogens is 374 g/mol. The lowest BCUT2D eigenvalue weighted by atomic mass is 10.1. The first-order valence-corrected chi connectivity index (χ1v) is 10.0. The largest absolute Gasteiger partial charge is 0.464 e. The molecule has 1 atom stereocenters. The predicted octanol–water partition coefficient (Wildman–Crippen LogP) is 3.80. The Morgan fingerprint density at radius 2 is 2.14 bits per heavy atom. The van der Waals surface area contributed by atoms with Crippen LogP contribution in [0.2, 0.25) is 0 Å². The van der Waals surface area contributed by atoms with Gasteiger partial charge in [-0.15, -0.1) is 0 Å². The molecule has 7 nitrogen and oxygen atoms in total. The fourth-order valence-corrected chi connectivity index (χ4v) is 3.67. The van der Waals surface area contributed by atoms with E-state index in [1.165, 1.54) is 6.33 Å². The summed E-state index contributed by atoms with van der Waals surface area (Å²) in [4.78, 5) is 27.7. The number of aryl methyl sites for hydroxylation is 1. The number of hydrogen-bond acceptors (Lipinski definition) is 7. The lowest BCUT2D eigenvalue weighted by molar-refractivity contribution is 0.610. The number of rotatable bonds is 6. The molecule has 0 bridgehead atoms. The Balaban J connectivity index is 1.55. The topological polar surface area (TPSA) is 96.7 Å². The maximum Gasteiger partial charge on any atom is 0.259 e. The quantitative estimate of drug-likeness (QED) is 0.514. The summed E-state index contributed by atoms with van der Waals surface area (Å²) in [6.07, 6.45) is 8.63. The highest BCUT2D eigenvalue weighted by atomic mass is 32.2. The molecule has 8 heteroatoms. The van der Waals surface area contributed by atoms with Gasteiger partial charge >= 0.3 is 0 Å². The number of aromatic nitrogens is 4. The number of anilines is 1. The van der Waals surface area contributed by atoms with Crippen LogP contribution in [-0.4, -0.2) is 32.7 Å². The van der Waals surface area contributed by atoms with Gasteiger partial charge in [0.1, 0.15) is 17.7 Å². The van der Waals surface area contributed by atoms with E-state index in [-0.39, 0.29) is 10.8 Å². The second kappa shape index (κ2) is 7.85. The molecule has 0 radical (unpaired) electrons. The zero-order chi connectivity index (χ0) is 19.5. The summed E-state index contributed by atoms with van der Waals surface area (Å²) in [5, 5.41) is 4.00. The van der Waals surface area contributed by atoms with Crippen molar-refractivity contribution in [1.29, 1.82) is 0 Å². The maximum absolute atomic E-state index is 11.9. The summed E-state index contributed by atoms with van der Waals surface area (Å²) in [6, 6.07) is 7.54. The molecule has 1 unspecified atom stereocenters. The Kier molecular flexibility index (Phi) is 5.12. The average molecular weight is 393 g/mol. The number of hydrogen-bond donors (Lipinski definition) is 2. The van der Waals surface area contributed by atoms with Crippen molar-refractivity contribution < 1.29 is 4.42 Å². The van der Waals surface area contributed by atoms with Gasteiger partial charge in [-0.25, -0.2) is 9.97 Å². The molecule has 4 heterocycles. The molecule has 4 aromatic heterocycles. The first-order chi connectivity index (χ1) is 13.7. The number of fused-ring (bicyclic) bond motifs is 1. The molecule has 0 aliphatic carbocycles. The van der Waals surface area contributed by atoms with Gasteiger partial charge in [-0.3, -0.25) is 9.78 Å². The van der Waals surface area contributed by atoms with Crippen molar-refractivity contribution >= 4 is 28.5 Å². The molecule has 0 fully saturated rings. The summed E-state index contributed by atoms with van der Waals surface area (Å²) < 4.78 is 5.56. The van der Waals surface area contributed by atoms with E-state index in [0.717, 1.165) is 28.3 Å². The van der Waals surface area contributed by atoms with Crippen LogP contribution in [0.15, 0.2) is 58.5 Å². The summed E-state index contributed by atoms with van der Waals surface area (Å²) in [5.74, 6) is 0.727. The monoisotopic (exact) mass is 393 g/mol. The summed E-state index contributed by atoms with van der Waals surface area (Å²) in [7, 11) is 0. The summed E-state index contributed by atoms with van der Waals surface area (Å²) in [6.45, 7) is 2.57. The molecule has 0 aliphatic rings. The van der Waals surface area contributed by atoms with Gasteiger partial charge in [0.2, 0.25) is 0 Å². The van der Waals surface area contributed by atoms with E-state index in [9.17, 15) is 4.79 Å². The highest BCUT2D eigenvalue weighted by molar-refractivity contribution is 7.98. The number of pyridine rings is 2. The van der Waals surface area contributed by atoms with Gasteiger partial charge in [0.05, 0.1) is 22.6 Å². The van der Waals surface area contributed by atoms with Crippen LogP contribution in [0.3, 0.4) is 0 Å². The Labute approximate surface area is 165 Å². The summed E-state index contributed by atoms with van der Waals surface area (Å²) >= 11 is 1.67. The van der Waals surface area contributed by atoms with Gasteiger partial charge in [0.25, 0.3) is 5.56 Å². The number of thioether (sulfide) groups is 1. The smallest absolute Gasteiger partial charge is 0.259 e. The Morgan fingerprint density at radius 3 is 2.93 bits per heavy atom. The molecule has 0 saturated carbocycles. The molecule has 0 spiro atoms. The van der Waals surface area contributed by atoms with Crippen molar-refractivity contribution in [2.75, 3.05) is 18.1 Å². The van der Waals surface area contributed by atoms with Crippen LogP contribution in [0.4, 0.5) is 5.82 Å². The van der Waals surface area contributed by atoms with Gasteiger partial charge in [-0.2, -0.15) is 11.8 Å². The predicted molar refractivity (Wildman–Crippen MR) is 112 cm³/mol. The molecule has 4 aromatic rings. The van der Waals surface area contributed by atoms with Crippen LogP contribution in [0.1, 0.15) is 16.5 Å². The zero-order valence-corrected chi connectivity index (χ0v) is 16.3. The van der Waals surface area contributed by atoms with E-state index in [4.69, 9.17) is 4.42 Å². The third-order valence-electron chi connectivity index (χ3n) is 4.50. The summed E-state index contributed by atoms with van der Waals surface area (Å²) in [5.41, 5.74) is 4.13. The number of H-pyrrole nitrogens is 1. The van der Waals surface area contributed by atoms with Gasteiger partial charge in [-0.1, -0.05) is 0 Å². The normalized spacial score (nSPS) is 12.2. The molecule has 28 heavy (non-hydrogen) atoms. The maximum atomic E-state index is 11.9. The molecule has 4 rings (SSSR count).